The van der Waals surface area contributed by atoms with E-state index < -0.39 is 6.67 Å². The van der Waals surface area contributed by atoms with E-state index in [1.54, 1.807) is 0 Å². The number of alkyl halides is 1. The molecule has 0 saturated heterocycles. The molecule has 0 N–H and O–H groups in total. The van der Waals surface area contributed by atoms with Gasteiger partial charge in [-0.1, -0.05) is 48.5 Å². The van der Waals surface area contributed by atoms with Crippen LogP contribution in [0.4, 0.5) is 4.39 Å². The first-order valence-electron chi connectivity index (χ1n) is 9.27. The van der Waals surface area contributed by atoms with Crippen LogP contribution in [0.15, 0.2) is 58.7 Å². The number of rotatable bonds is 5. The number of hydrogen-bond donors (Lipinski definition) is 0. The van der Waals surface area contributed by atoms with E-state index in [2.05, 4.69) is 26.0 Å². The molecule has 0 aliphatic heterocycles. The Kier molecular flexibility index (Phi) is 5.09. The van der Waals surface area contributed by atoms with Crippen LogP contribution in [0, 0.1) is 13.8 Å². The maximum Gasteiger partial charge on any atom is 0.262 e. The number of aromatic nitrogens is 2. The van der Waals surface area contributed by atoms with Crippen molar-refractivity contribution in [3.8, 4) is 11.1 Å². The molecule has 2 heterocycles. The van der Waals surface area contributed by atoms with Crippen molar-refractivity contribution < 1.29 is 4.39 Å². The number of benzene rings is 2. The third-order valence-corrected chi connectivity index (χ3v) is 5.98. The lowest BCUT2D eigenvalue weighted by Gasteiger charge is -2.12. The predicted molar refractivity (Wildman–Crippen MR) is 114 cm³/mol. The maximum atomic E-state index is 13.3. The molecule has 0 amide bonds. The highest BCUT2D eigenvalue weighted by atomic mass is 32.1. The van der Waals surface area contributed by atoms with Gasteiger partial charge in [0.25, 0.3) is 5.56 Å². The van der Waals surface area contributed by atoms with Crippen LogP contribution in [0.1, 0.15) is 22.5 Å². The summed E-state index contributed by atoms with van der Waals surface area (Å²) in [5.74, 6) is 0.606. The molecule has 0 aliphatic carbocycles. The van der Waals surface area contributed by atoms with E-state index in [0.29, 0.717) is 22.5 Å². The Balaban J connectivity index is 1.89. The highest BCUT2D eigenvalue weighted by Crippen LogP contribution is 2.32. The van der Waals surface area contributed by atoms with E-state index in [4.69, 9.17) is 4.98 Å². The van der Waals surface area contributed by atoms with E-state index in [-0.39, 0.29) is 12.1 Å². The molecule has 0 spiro atoms. The summed E-state index contributed by atoms with van der Waals surface area (Å²) in [6, 6.07) is 16.0. The lowest BCUT2D eigenvalue weighted by Crippen LogP contribution is -2.26. The van der Waals surface area contributed by atoms with Gasteiger partial charge in [0.1, 0.15) is 17.3 Å². The molecule has 4 rings (SSSR count). The van der Waals surface area contributed by atoms with Crippen molar-refractivity contribution in [1.82, 2.24) is 9.55 Å². The first kappa shape index (κ1) is 18.6. The van der Waals surface area contributed by atoms with Crippen molar-refractivity contribution in [3.05, 3.63) is 86.8 Å². The van der Waals surface area contributed by atoms with Crippen molar-refractivity contribution in [2.24, 2.45) is 0 Å². The molecule has 0 unspecified atom stereocenters. The topological polar surface area (TPSA) is 34.9 Å². The predicted octanol–water partition coefficient (Wildman–Crippen LogP) is 5.30. The van der Waals surface area contributed by atoms with Crippen LogP contribution in [0.25, 0.3) is 21.3 Å². The van der Waals surface area contributed by atoms with Gasteiger partial charge in [0, 0.05) is 17.4 Å². The minimum atomic E-state index is -0.599. The molecule has 0 atom stereocenters. The second-order valence-corrected chi connectivity index (χ2v) is 7.82. The van der Waals surface area contributed by atoms with Crippen molar-refractivity contribution in [1.29, 1.82) is 0 Å². The molecule has 0 saturated carbocycles. The minimum absolute atomic E-state index is 0.0200. The Morgan fingerprint density at radius 1 is 1.07 bits per heavy atom. The molecule has 0 bridgehead atoms. The quantitative estimate of drug-likeness (QED) is 0.462. The molecule has 142 valence electrons. The summed E-state index contributed by atoms with van der Waals surface area (Å²) in [6.45, 7) is 3.55. The number of fused-ring (bicyclic) bond motifs is 1. The zero-order chi connectivity index (χ0) is 19.7. The zero-order valence-corrected chi connectivity index (χ0v) is 16.7. The number of thiophene rings is 1. The van der Waals surface area contributed by atoms with Gasteiger partial charge in [-0.25, -0.2) is 9.37 Å². The standard InChI is InChI=1S/C23H21FN2OS/c1-15-8-9-18(12-16(15)2)19-14-28-22-21(19)23(27)26(11-10-24)20(25-22)13-17-6-4-3-5-7-17/h3-9,12,14H,10-11,13H2,1-2H3. The number of aryl methyl sites for hydroxylation is 2. The van der Waals surface area contributed by atoms with Gasteiger partial charge in [0.15, 0.2) is 0 Å². The van der Waals surface area contributed by atoms with Crippen LogP contribution >= 0.6 is 11.3 Å². The normalized spacial score (nSPS) is 11.2. The second-order valence-electron chi connectivity index (χ2n) is 6.96. The number of nitrogens with zero attached hydrogens (tertiary/aromatic N) is 2. The highest BCUT2D eigenvalue weighted by molar-refractivity contribution is 7.17. The van der Waals surface area contributed by atoms with Gasteiger partial charge in [-0.3, -0.25) is 9.36 Å². The molecule has 2 aromatic heterocycles. The first-order valence-corrected chi connectivity index (χ1v) is 10.1. The number of halogens is 1. The van der Waals surface area contributed by atoms with Crippen LogP contribution < -0.4 is 5.56 Å². The first-order chi connectivity index (χ1) is 13.6. The van der Waals surface area contributed by atoms with Gasteiger partial charge in [0.2, 0.25) is 0 Å². The molecular formula is C23H21FN2OS. The Hall–Kier alpha value is -2.79. The fourth-order valence-corrected chi connectivity index (χ4v) is 4.37. The highest BCUT2D eigenvalue weighted by Gasteiger charge is 2.17. The fraction of sp³-hybridized carbons (Fsp3) is 0.217. The summed E-state index contributed by atoms with van der Waals surface area (Å²) < 4.78 is 14.7. The van der Waals surface area contributed by atoms with Crippen LogP contribution in [0.5, 0.6) is 0 Å². The van der Waals surface area contributed by atoms with E-state index in [1.165, 1.54) is 27.0 Å². The van der Waals surface area contributed by atoms with Gasteiger partial charge in [-0.2, -0.15) is 0 Å². The summed E-state index contributed by atoms with van der Waals surface area (Å²) in [4.78, 5) is 18.8. The molecule has 5 heteroatoms. The van der Waals surface area contributed by atoms with Crippen LogP contribution in [-0.2, 0) is 13.0 Å². The van der Waals surface area contributed by atoms with Gasteiger partial charge in [0.05, 0.1) is 11.9 Å². The summed E-state index contributed by atoms with van der Waals surface area (Å²) in [5.41, 5.74) is 5.14. The van der Waals surface area contributed by atoms with Gasteiger partial charge in [-0.15, -0.1) is 11.3 Å². The lowest BCUT2D eigenvalue weighted by atomic mass is 10.0. The number of hydrogen-bond acceptors (Lipinski definition) is 3. The Morgan fingerprint density at radius 3 is 2.57 bits per heavy atom. The van der Waals surface area contributed by atoms with Crippen molar-refractivity contribution in [2.45, 2.75) is 26.8 Å². The summed E-state index contributed by atoms with van der Waals surface area (Å²) in [7, 11) is 0. The smallest absolute Gasteiger partial charge is 0.262 e. The Bertz CT molecular complexity index is 1190. The molecule has 3 nitrogen and oxygen atoms in total. The summed E-state index contributed by atoms with van der Waals surface area (Å²) >= 11 is 1.47. The van der Waals surface area contributed by atoms with E-state index in [0.717, 1.165) is 16.7 Å². The average Bonchev–Trinajstić information content (AvgIpc) is 3.12. The monoisotopic (exact) mass is 392 g/mol. The molecule has 0 aliphatic rings. The Labute approximate surface area is 167 Å². The minimum Gasteiger partial charge on any atom is -0.293 e. The van der Waals surface area contributed by atoms with E-state index in [9.17, 15) is 9.18 Å². The van der Waals surface area contributed by atoms with E-state index >= 15 is 0 Å². The Morgan fingerprint density at radius 2 is 1.86 bits per heavy atom. The van der Waals surface area contributed by atoms with Gasteiger partial charge < -0.3 is 0 Å². The molecular weight excluding hydrogens is 371 g/mol. The van der Waals surface area contributed by atoms with Crippen molar-refractivity contribution in [2.75, 3.05) is 6.67 Å². The van der Waals surface area contributed by atoms with Crippen LogP contribution in [-0.4, -0.2) is 16.2 Å². The largest absolute Gasteiger partial charge is 0.293 e. The second kappa shape index (κ2) is 7.68. The molecule has 0 fully saturated rings. The molecule has 2 aromatic carbocycles. The molecule has 4 aromatic rings. The zero-order valence-electron chi connectivity index (χ0n) is 15.9. The third kappa shape index (κ3) is 3.38. The van der Waals surface area contributed by atoms with E-state index in [1.807, 2.05) is 41.8 Å². The molecule has 28 heavy (non-hydrogen) atoms. The average molecular weight is 392 g/mol. The summed E-state index contributed by atoms with van der Waals surface area (Å²) in [6.07, 6.45) is 0.503. The lowest BCUT2D eigenvalue weighted by molar-refractivity contribution is 0.433. The van der Waals surface area contributed by atoms with Crippen molar-refractivity contribution >= 4 is 21.6 Å². The van der Waals surface area contributed by atoms with Crippen molar-refractivity contribution in [3.63, 3.8) is 0 Å². The SMILES string of the molecule is Cc1ccc(-c2csc3nc(Cc4ccccc4)n(CCF)c(=O)c23)cc1C. The van der Waals surface area contributed by atoms with Crippen LogP contribution in [0.2, 0.25) is 0 Å². The fourth-order valence-electron chi connectivity index (χ4n) is 3.42. The van der Waals surface area contributed by atoms with Crippen LogP contribution in [0.3, 0.4) is 0 Å². The third-order valence-electron chi connectivity index (χ3n) is 5.10. The molecule has 0 radical (unpaired) electrons. The van der Waals surface area contributed by atoms with Gasteiger partial charge in [-0.05, 0) is 36.1 Å². The maximum absolute atomic E-state index is 13.3. The van der Waals surface area contributed by atoms with Gasteiger partial charge >= 0.3 is 0 Å². The summed E-state index contributed by atoms with van der Waals surface area (Å²) in [5, 5.41) is 2.56.